The molecule has 0 spiro atoms. The topological polar surface area (TPSA) is 82.9 Å². The Morgan fingerprint density at radius 1 is 1.12 bits per heavy atom. The van der Waals surface area contributed by atoms with Crippen molar-refractivity contribution in [3.63, 3.8) is 0 Å². The quantitative estimate of drug-likeness (QED) is 0.649. The number of nitrogens with zero attached hydrogens (tertiary/aromatic N) is 2. The monoisotopic (exact) mass is 459 g/mol. The van der Waals surface area contributed by atoms with Crippen LogP contribution in [0.4, 0.5) is 0 Å². The third kappa shape index (κ3) is 5.08. The van der Waals surface area contributed by atoms with Crippen molar-refractivity contribution in [1.29, 1.82) is 0 Å². The molecular formula is C24H33N3O4S. The number of likely N-dealkylation sites (tertiary alicyclic amines) is 1. The van der Waals surface area contributed by atoms with Gasteiger partial charge in [-0.15, -0.1) is 0 Å². The molecule has 7 nitrogen and oxygen atoms in total. The number of sulfonamides is 1. The maximum Gasteiger partial charge on any atom is 0.251 e. The van der Waals surface area contributed by atoms with E-state index in [1.165, 1.54) is 10.4 Å². The zero-order valence-electron chi connectivity index (χ0n) is 18.7. The summed E-state index contributed by atoms with van der Waals surface area (Å²) in [4.78, 5) is 15.4. The van der Waals surface area contributed by atoms with E-state index >= 15 is 0 Å². The third-order valence-electron chi connectivity index (χ3n) is 6.77. The van der Waals surface area contributed by atoms with E-state index < -0.39 is 10.0 Å². The van der Waals surface area contributed by atoms with Gasteiger partial charge in [-0.05, 0) is 69.1 Å². The molecule has 1 aromatic heterocycles. The van der Waals surface area contributed by atoms with Gasteiger partial charge in [0.15, 0.2) is 0 Å². The average Bonchev–Trinajstić information content (AvgIpc) is 3.54. The summed E-state index contributed by atoms with van der Waals surface area (Å²) in [5, 5.41) is 2.99. The number of nitrogens with one attached hydrogen (secondary N) is 1. The van der Waals surface area contributed by atoms with Crippen LogP contribution in [0.2, 0.25) is 0 Å². The van der Waals surface area contributed by atoms with Crippen molar-refractivity contribution in [2.24, 2.45) is 0 Å². The van der Waals surface area contributed by atoms with E-state index in [4.69, 9.17) is 4.42 Å². The molecule has 32 heavy (non-hydrogen) atoms. The lowest BCUT2D eigenvalue weighted by Gasteiger charge is -2.30. The maximum absolute atomic E-state index is 13.2. The first kappa shape index (κ1) is 23.0. The van der Waals surface area contributed by atoms with Crippen LogP contribution in [-0.4, -0.2) is 56.3 Å². The minimum atomic E-state index is -3.64. The molecule has 1 N–H and O–H groups in total. The zero-order chi connectivity index (χ0) is 22.6. The maximum atomic E-state index is 13.2. The molecule has 4 rings (SSSR count). The Morgan fingerprint density at radius 2 is 1.88 bits per heavy atom. The van der Waals surface area contributed by atoms with Crippen LogP contribution in [-0.2, 0) is 10.0 Å². The molecular weight excluding hydrogens is 426 g/mol. The number of carbonyl (C=O) groups excluding carboxylic acids is 1. The SMILES string of the molecule is CN(C1CCCCC1)S(=O)(=O)c1cccc(C(=O)NCC(c2ccco2)N2CCCC2)c1. The number of hydrogen-bond acceptors (Lipinski definition) is 5. The van der Waals surface area contributed by atoms with Crippen molar-refractivity contribution in [2.45, 2.75) is 61.9 Å². The number of rotatable bonds is 8. The minimum Gasteiger partial charge on any atom is -0.468 e. The van der Waals surface area contributed by atoms with E-state index in [2.05, 4.69) is 10.2 Å². The van der Waals surface area contributed by atoms with Crippen LogP contribution in [0.3, 0.4) is 0 Å². The summed E-state index contributed by atoms with van der Waals surface area (Å²) in [6.07, 6.45) is 8.98. The van der Waals surface area contributed by atoms with Crippen molar-refractivity contribution in [3.05, 3.63) is 54.0 Å². The first-order valence-electron chi connectivity index (χ1n) is 11.6. The summed E-state index contributed by atoms with van der Waals surface area (Å²) < 4.78 is 33.5. The Balaban J connectivity index is 1.45. The van der Waals surface area contributed by atoms with E-state index in [9.17, 15) is 13.2 Å². The summed E-state index contributed by atoms with van der Waals surface area (Å²) in [6, 6.07) is 10.2. The Labute approximate surface area is 190 Å². The van der Waals surface area contributed by atoms with E-state index in [-0.39, 0.29) is 22.9 Å². The van der Waals surface area contributed by atoms with Crippen LogP contribution in [0.1, 0.15) is 67.1 Å². The summed E-state index contributed by atoms with van der Waals surface area (Å²) in [6.45, 7) is 2.36. The Hall–Kier alpha value is -2.16. The summed E-state index contributed by atoms with van der Waals surface area (Å²) in [5.41, 5.74) is 0.350. The highest BCUT2D eigenvalue weighted by molar-refractivity contribution is 7.89. The molecule has 1 amide bonds. The molecule has 1 atom stereocenters. The summed E-state index contributed by atoms with van der Waals surface area (Å²) in [7, 11) is -1.99. The molecule has 0 radical (unpaired) electrons. The van der Waals surface area contributed by atoms with Gasteiger partial charge in [0.1, 0.15) is 5.76 Å². The molecule has 1 aliphatic heterocycles. The average molecular weight is 460 g/mol. The summed E-state index contributed by atoms with van der Waals surface area (Å²) in [5.74, 6) is 0.552. The highest BCUT2D eigenvalue weighted by atomic mass is 32.2. The van der Waals surface area contributed by atoms with Crippen LogP contribution >= 0.6 is 0 Å². The van der Waals surface area contributed by atoms with Gasteiger partial charge >= 0.3 is 0 Å². The van der Waals surface area contributed by atoms with Gasteiger partial charge in [-0.1, -0.05) is 25.3 Å². The van der Waals surface area contributed by atoms with Gasteiger partial charge in [-0.2, -0.15) is 4.31 Å². The highest BCUT2D eigenvalue weighted by Gasteiger charge is 2.30. The third-order valence-corrected chi connectivity index (χ3v) is 8.68. The molecule has 1 saturated heterocycles. The van der Waals surface area contributed by atoms with Crippen LogP contribution in [0, 0.1) is 0 Å². The number of carbonyl (C=O) groups is 1. The van der Waals surface area contributed by atoms with Crippen molar-refractivity contribution in [3.8, 4) is 0 Å². The lowest BCUT2D eigenvalue weighted by atomic mass is 9.96. The highest BCUT2D eigenvalue weighted by Crippen LogP contribution is 2.27. The Bertz CT molecular complexity index is 994. The van der Waals surface area contributed by atoms with Gasteiger partial charge in [-0.3, -0.25) is 9.69 Å². The van der Waals surface area contributed by atoms with Crippen LogP contribution < -0.4 is 5.32 Å². The molecule has 1 unspecified atom stereocenters. The second kappa shape index (κ2) is 10.2. The van der Waals surface area contributed by atoms with E-state index in [1.807, 2.05) is 12.1 Å². The number of amides is 1. The van der Waals surface area contributed by atoms with Gasteiger partial charge in [0.2, 0.25) is 10.0 Å². The van der Waals surface area contributed by atoms with E-state index in [0.717, 1.165) is 63.8 Å². The van der Waals surface area contributed by atoms with Crippen molar-refractivity contribution in [2.75, 3.05) is 26.7 Å². The van der Waals surface area contributed by atoms with Gasteiger partial charge in [0.25, 0.3) is 5.91 Å². The number of benzene rings is 1. The molecule has 8 heteroatoms. The zero-order valence-corrected chi connectivity index (χ0v) is 19.5. The van der Waals surface area contributed by atoms with Crippen LogP contribution in [0.15, 0.2) is 52.0 Å². The largest absolute Gasteiger partial charge is 0.468 e. The molecule has 0 bridgehead atoms. The van der Waals surface area contributed by atoms with Crippen LogP contribution in [0.25, 0.3) is 0 Å². The van der Waals surface area contributed by atoms with Gasteiger partial charge in [0.05, 0.1) is 17.2 Å². The standard InChI is InChI=1S/C24H33N3O4S/c1-26(20-10-3-2-4-11-20)32(29,30)21-12-7-9-19(17-21)24(28)25-18-22(23-13-8-16-31-23)27-14-5-6-15-27/h7-9,12-13,16-17,20,22H,2-6,10-11,14-15,18H2,1H3,(H,25,28). The number of furan rings is 1. The fraction of sp³-hybridized carbons (Fsp3) is 0.542. The van der Waals surface area contributed by atoms with E-state index in [0.29, 0.717) is 12.1 Å². The van der Waals surface area contributed by atoms with E-state index in [1.54, 1.807) is 31.5 Å². The predicted molar refractivity (Wildman–Crippen MR) is 123 cm³/mol. The fourth-order valence-corrected chi connectivity index (χ4v) is 6.30. The fourth-order valence-electron chi connectivity index (χ4n) is 4.84. The number of hydrogen-bond donors (Lipinski definition) is 1. The van der Waals surface area contributed by atoms with Crippen molar-refractivity contribution in [1.82, 2.24) is 14.5 Å². The molecule has 174 valence electrons. The smallest absolute Gasteiger partial charge is 0.251 e. The predicted octanol–water partition coefficient (Wildman–Crippen LogP) is 3.80. The van der Waals surface area contributed by atoms with Gasteiger partial charge < -0.3 is 9.73 Å². The second-order valence-corrected chi connectivity index (χ2v) is 10.8. The van der Waals surface area contributed by atoms with Crippen molar-refractivity contribution >= 4 is 15.9 Å². The van der Waals surface area contributed by atoms with Gasteiger partial charge in [-0.25, -0.2) is 8.42 Å². The lowest BCUT2D eigenvalue weighted by Crippen LogP contribution is -2.38. The van der Waals surface area contributed by atoms with Crippen molar-refractivity contribution < 1.29 is 17.6 Å². The molecule has 2 fully saturated rings. The summed E-state index contributed by atoms with van der Waals surface area (Å²) >= 11 is 0. The molecule has 2 aliphatic rings. The van der Waals surface area contributed by atoms with Gasteiger partial charge in [0, 0.05) is 25.2 Å². The van der Waals surface area contributed by atoms with Crippen LogP contribution in [0.5, 0.6) is 0 Å². The first-order chi connectivity index (χ1) is 15.5. The normalized spacial score (nSPS) is 19.3. The molecule has 1 saturated carbocycles. The lowest BCUT2D eigenvalue weighted by molar-refractivity contribution is 0.0933. The first-order valence-corrected chi connectivity index (χ1v) is 13.0. The Kier molecular flexibility index (Phi) is 7.33. The Morgan fingerprint density at radius 3 is 2.56 bits per heavy atom. The molecule has 1 aromatic carbocycles. The second-order valence-electron chi connectivity index (χ2n) is 8.83. The minimum absolute atomic E-state index is 0.0270. The molecule has 2 heterocycles. The molecule has 1 aliphatic carbocycles. The molecule has 2 aromatic rings.